The van der Waals surface area contributed by atoms with Crippen molar-refractivity contribution >= 4 is 17.7 Å². The van der Waals surface area contributed by atoms with Gasteiger partial charge in [0.1, 0.15) is 0 Å². The number of carbonyl (C=O) groups is 1. The molecule has 1 aliphatic heterocycles. The lowest BCUT2D eigenvalue weighted by atomic mass is 9.87. The molecule has 0 saturated carbocycles. The van der Waals surface area contributed by atoms with Gasteiger partial charge < -0.3 is 19.6 Å². The van der Waals surface area contributed by atoms with Crippen LogP contribution in [0.15, 0.2) is 28.8 Å². The van der Waals surface area contributed by atoms with E-state index in [1.165, 1.54) is 5.56 Å². The SMILES string of the molecule is CN(C)c1noc(C2CCN(C(=O)Nc3ccc(C(C)(C)C)cc3)CC2)n1. The topological polar surface area (TPSA) is 74.5 Å². The van der Waals surface area contributed by atoms with Crippen molar-refractivity contribution in [3.05, 3.63) is 35.7 Å². The van der Waals surface area contributed by atoms with E-state index in [4.69, 9.17) is 4.52 Å². The van der Waals surface area contributed by atoms with Gasteiger partial charge in [-0.25, -0.2) is 4.79 Å². The molecule has 1 saturated heterocycles. The van der Waals surface area contributed by atoms with Crippen molar-refractivity contribution in [2.75, 3.05) is 37.4 Å². The standard InChI is InChI=1S/C20H29N5O2/c1-20(2,3)15-6-8-16(9-7-15)21-19(26)25-12-10-14(11-13-25)17-22-18(23-27-17)24(4)5/h6-9,14H,10-13H2,1-5H3,(H,21,26). The number of nitrogens with one attached hydrogen (secondary N) is 1. The summed E-state index contributed by atoms with van der Waals surface area (Å²) >= 11 is 0. The number of hydrogen-bond donors (Lipinski definition) is 1. The number of aromatic nitrogens is 2. The Balaban J connectivity index is 1.53. The highest BCUT2D eigenvalue weighted by atomic mass is 16.5. The van der Waals surface area contributed by atoms with Crippen LogP contribution in [-0.4, -0.2) is 48.3 Å². The molecule has 0 aliphatic carbocycles. The van der Waals surface area contributed by atoms with Crippen LogP contribution in [0.1, 0.15) is 51.0 Å². The molecule has 0 unspecified atom stereocenters. The van der Waals surface area contributed by atoms with E-state index in [0.29, 0.717) is 24.9 Å². The highest BCUT2D eigenvalue weighted by Crippen LogP contribution is 2.28. The lowest BCUT2D eigenvalue weighted by Crippen LogP contribution is -2.40. The number of hydrogen-bond acceptors (Lipinski definition) is 5. The fourth-order valence-corrected chi connectivity index (χ4v) is 3.16. The average molecular weight is 371 g/mol. The number of piperidine rings is 1. The van der Waals surface area contributed by atoms with Crippen molar-refractivity contribution < 1.29 is 9.32 Å². The molecule has 1 fully saturated rings. The van der Waals surface area contributed by atoms with Crippen molar-refractivity contribution in [1.29, 1.82) is 0 Å². The number of likely N-dealkylation sites (tertiary alicyclic amines) is 1. The minimum Gasteiger partial charge on any atom is -0.344 e. The molecule has 1 aromatic heterocycles. The third kappa shape index (κ3) is 4.59. The highest BCUT2D eigenvalue weighted by molar-refractivity contribution is 5.89. The summed E-state index contributed by atoms with van der Waals surface area (Å²) in [4.78, 5) is 20.6. The molecule has 27 heavy (non-hydrogen) atoms. The number of urea groups is 1. The first-order chi connectivity index (χ1) is 12.7. The van der Waals surface area contributed by atoms with Gasteiger partial charge >= 0.3 is 6.03 Å². The van der Waals surface area contributed by atoms with Gasteiger partial charge in [0.15, 0.2) is 0 Å². The number of benzene rings is 1. The molecule has 7 heteroatoms. The van der Waals surface area contributed by atoms with Crippen LogP contribution in [0.2, 0.25) is 0 Å². The van der Waals surface area contributed by atoms with E-state index in [0.717, 1.165) is 18.5 Å². The molecular formula is C20H29N5O2. The summed E-state index contributed by atoms with van der Waals surface area (Å²) in [6.45, 7) is 7.88. The molecule has 0 spiro atoms. The predicted octanol–water partition coefficient (Wildman–Crippen LogP) is 3.84. The van der Waals surface area contributed by atoms with Crippen molar-refractivity contribution in [2.45, 2.75) is 44.9 Å². The number of amides is 2. The molecule has 3 rings (SSSR count). The van der Waals surface area contributed by atoms with Crippen molar-refractivity contribution in [3.63, 3.8) is 0 Å². The van der Waals surface area contributed by atoms with Gasteiger partial charge in [0, 0.05) is 38.8 Å². The minimum atomic E-state index is -0.0588. The van der Waals surface area contributed by atoms with Gasteiger partial charge in [0.2, 0.25) is 5.89 Å². The number of anilines is 2. The Kier molecular flexibility index (Phi) is 5.39. The molecule has 0 radical (unpaired) electrons. The normalized spacial score (nSPS) is 15.7. The molecule has 2 heterocycles. The first-order valence-electron chi connectivity index (χ1n) is 9.41. The lowest BCUT2D eigenvalue weighted by molar-refractivity contribution is 0.187. The summed E-state index contributed by atoms with van der Waals surface area (Å²) in [7, 11) is 3.77. The average Bonchev–Trinajstić information content (AvgIpc) is 3.12. The molecule has 2 amide bonds. The van der Waals surface area contributed by atoms with E-state index >= 15 is 0 Å². The molecule has 0 bridgehead atoms. The van der Waals surface area contributed by atoms with Crippen LogP contribution in [-0.2, 0) is 5.41 Å². The van der Waals surface area contributed by atoms with Gasteiger partial charge in [-0.15, -0.1) is 0 Å². The zero-order valence-electron chi connectivity index (χ0n) is 16.8. The second kappa shape index (κ2) is 7.58. The van der Waals surface area contributed by atoms with Crippen molar-refractivity contribution in [3.8, 4) is 0 Å². The quantitative estimate of drug-likeness (QED) is 0.887. The minimum absolute atomic E-state index is 0.0588. The summed E-state index contributed by atoms with van der Waals surface area (Å²) < 4.78 is 5.37. The molecule has 1 aliphatic rings. The molecule has 2 aromatic rings. The van der Waals surface area contributed by atoms with Crippen LogP contribution < -0.4 is 10.2 Å². The van der Waals surface area contributed by atoms with E-state index in [2.05, 4.69) is 48.4 Å². The third-order valence-corrected chi connectivity index (χ3v) is 4.96. The largest absolute Gasteiger partial charge is 0.344 e. The van der Waals surface area contributed by atoms with Gasteiger partial charge in [-0.1, -0.05) is 32.9 Å². The van der Waals surface area contributed by atoms with E-state index < -0.39 is 0 Å². The van der Waals surface area contributed by atoms with Crippen LogP contribution in [0.3, 0.4) is 0 Å². The van der Waals surface area contributed by atoms with Crippen molar-refractivity contribution in [2.24, 2.45) is 0 Å². The summed E-state index contributed by atoms with van der Waals surface area (Å²) in [5, 5.41) is 6.96. The summed E-state index contributed by atoms with van der Waals surface area (Å²) in [5.41, 5.74) is 2.17. The van der Waals surface area contributed by atoms with Crippen LogP contribution in [0.5, 0.6) is 0 Å². The van der Waals surface area contributed by atoms with Crippen LogP contribution in [0.4, 0.5) is 16.4 Å². The zero-order valence-corrected chi connectivity index (χ0v) is 16.8. The third-order valence-electron chi connectivity index (χ3n) is 4.96. The number of carbonyl (C=O) groups excluding carboxylic acids is 1. The Morgan fingerprint density at radius 3 is 2.33 bits per heavy atom. The van der Waals surface area contributed by atoms with E-state index in [1.807, 2.05) is 36.0 Å². The molecule has 1 N–H and O–H groups in total. The molecule has 146 valence electrons. The maximum absolute atomic E-state index is 12.5. The summed E-state index contributed by atoms with van der Waals surface area (Å²) in [5.74, 6) is 1.46. The Bertz CT molecular complexity index is 768. The first kappa shape index (κ1) is 19.2. The number of nitrogens with zero attached hydrogens (tertiary/aromatic N) is 4. The number of rotatable bonds is 3. The second-order valence-corrected chi connectivity index (χ2v) is 8.35. The Morgan fingerprint density at radius 2 is 1.81 bits per heavy atom. The van der Waals surface area contributed by atoms with Crippen LogP contribution >= 0.6 is 0 Å². The van der Waals surface area contributed by atoms with E-state index in [-0.39, 0.29) is 17.4 Å². The van der Waals surface area contributed by atoms with Gasteiger partial charge in [-0.2, -0.15) is 4.98 Å². The van der Waals surface area contributed by atoms with E-state index in [1.54, 1.807) is 0 Å². The molecular weight excluding hydrogens is 342 g/mol. The fraction of sp³-hybridized carbons (Fsp3) is 0.550. The fourth-order valence-electron chi connectivity index (χ4n) is 3.16. The predicted molar refractivity (Wildman–Crippen MR) is 106 cm³/mol. The Labute approximate surface area is 160 Å². The Morgan fingerprint density at radius 1 is 1.19 bits per heavy atom. The van der Waals surface area contributed by atoms with Gasteiger partial charge in [-0.3, -0.25) is 0 Å². The molecule has 1 aromatic carbocycles. The van der Waals surface area contributed by atoms with E-state index in [9.17, 15) is 4.79 Å². The lowest BCUT2D eigenvalue weighted by Gasteiger charge is -2.30. The van der Waals surface area contributed by atoms with Crippen LogP contribution in [0, 0.1) is 0 Å². The van der Waals surface area contributed by atoms with Gasteiger partial charge in [0.25, 0.3) is 5.95 Å². The monoisotopic (exact) mass is 371 g/mol. The molecule has 7 nitrogen and oxygen atoms in total. The Hall–Kier alpha value is -2.57. The second-order valence-electron chi connectivity index (χ2n) is 8.35. The highest BCUT2D eigenvalue weighted by Gasteiger charge is 2.28. The first-order valence-corrected chi connectivity index (χ1v) is 9.41. The maximum atomic E-state index is 12.5. The molecule has 0 atom stereocenters. The van der Waals surface area contributed by atoms with Crippen LogP contribution in [0.25, 0.3) is 0 Å². The summed E-state index contributed by atoms with van der Waals surface area (Å²) in [6, 6.07) is 8.01. The van der Waals surface area contributed by atoms with Crippen molar-refractivity contribution in [1.82, 2.24) is 15.0 Å². The smallest absolute Gasteiger partial charge is 0.321 e. The zero-order chi connectivity index (χ0) is 19.6. The summed E-state index contributed by atoms with van der Waals surface area (Å²) in [6.07, 6.45) is 1.65. The van der Waals surface area contributed by atoms with Gasteiger partial charge in [0.05, 0.1) is 0 Å². The van der Waals surface area contributed by atoms with Gasteiger partial charge in [-0.05, 0) is 41.1 Å². The maximum Gasteiger partial charge on any atom is 0.321 e.